The maximum atomic E-state index is 4.82. The van der Waals surface area contributed by atoms with Crippen molar-refractivity contribution >= 4 is 11.3 Å². The third kappa shape index (κ3) is 3.12. The van der Waals surface area contributed by atoms with Crippen LogP contribution in [0.1, 0.15) is 54.6 Å². The van der Waals surface area contributed by atoms with Crippen LogP contribution in [0.3, 0.4) is 0 Å². The van der Waals surface area contributed by atoms with Crippen LogP contribution in [0.4, 0.5) is 0 Å². The minimum atomic E-state index is 0.926. The van der Waals surface area contributed by atoms with E-state index in [0.29, 0.717) is 0 Å². The van der Waals surface area contributed by atoms with Gasteiger partial charge in [0.1, 0.15) is 5.01 Å². The highest BCUT2D eigenvalue weighted by Gasteiger charge is 2.23. The highest BCUT2D eigenvalue weighted by Crippen LogP contribution is 2.32. The van der Waals surface area contributed by atoms with Crippen LogP contribution in [-0.2, 0) is 19.4 Å². The van der Waals surface area contributed by atoms with E-state index in [1.165, 1.54) is 62.2 Å². The number of nitrogens with one attached hydrogen (secondary N) is 1. The zero-order valence-electron chi connectivity index (χ0n) is 11.4. The van der Waals surface area contributed by atoms with Gasteiger partial charge in [0, 0.05) is 11.4 Å². The maximum absolute atomic E-state index is 4.82. The first-order chi connectivity index (χ1) is 8.85. The number of hydrogen-bond donors (Lipinski definition) is 1. The summed E-state index contributed by atoms with van der Waals surface area (Å²) < 4.78 is 0. The lowest BCUT2D eigenvalue weighted by Gasteiger charge is -2.20. The predicted octanol–water partition coefficient (Wildman–Crippen LogP) is 3.55. The Bertz CT molecular complexity index is 395. The van der Waals surface area contributed by atoms with Gasteiger partial charge in [0.25, 0.3) is 0 Å². The molecule has 0 radical (unpaired) electrons. The van der Waals surface area contributed by atoms with E-state index >= 15 is 0 Å². The van der Waals surface area contributed by atoms with E-state index in [-0.39, 0.29) is 0 Å². The van der Waals surface area contributed by atoms with E-state index in [2.05, 4.69) is 12.2 Å². The summed E-state index contributed by atoms with van der Waals surface area (Å²) in [4.78, 5) is 6.40. The predicted molar refractivity (Wildman–Crippen MR) is 77.0 cm³/mol. The molecule has 0 bridgehead atoms. The smallest absolute Gasteiger partial charge is 0.107 e. The Morgan fingerprint density at radius 3 is 2.94 bits per heavy atom. The lowest BCUT2D eigenvalue weighted by Crippen LogP contribution is -2.16. The molecule has 1 aromatic rings. The average Bonchev–Trinajstić information content (AvgIpc) is 3.08. The molecule has 0 saturated heterocycles. The molecule has 0 spiro atoms. The standard InChI is InChI=1S/C15H24N2S/c1-2-3-11-6-7-13-14(8-11)18-15(17-13)10-16-9-12-4-5-12/h11-12,16H,2-10H2,1H3. The Labute approximate surface area is 114 Å². The molecule has 1 fully saturated rings. The topological polar surface area (TPSA) is 24.9 Å². The molecule has 3 heteroatoms. The van der Waals surface area contributed by atoms with Crippen molar-refractivity contribution < 1.29 is 0 Å². The van der Waals surface area contributed by atoms with Crippen LogP contribution in [-0.4, -0.2) is 11.5 Å². The molecular formula is C15H24N2S. The van der Waals surface area contributed by atoms with Crippen molar-refractivity contribution in [3.63, 3.8) is 0 Å². The number of rotatable bonds is 6. The fourth-order valence-corrected chi connectivity index (χ4v) is 4.13. The van der Waals surface area contributed by atoms with Gasteiger partial charge >= 0.3 is 0 Å². The fourth-order valence-electron chi connectivity index (χ4n) is 2.93. The Balaban J connectivity index is 1.54. The zero-order valence-corrected chi connectivity index (χ0v) is 12.2. The second-order valence-electron chi connectivity index (χ2n) is 5.95. The van der Waals surface area contributed by atoms with Crippen LogP contribution in [0.25, 0.3) is 0 Å². The quantitative estimate of drug-likeness (QED) is 0.850. The molecule has 100 valence electrons. The SMILES string of the molecule is CCCC1CCc2nc(CNCC3CC3)sc2C1. The largest absolute Gasteiger partial charge is 0.310 e. The maximum Gasteiger partial charge on any atom is 0.107 e. The third-order valence-electron chi connectivity index (χ3n) is 4.19. The van der Waals surface area contributed by atoms with Crippen molar-refractivity contribution in [3.05, 3.63) is 15.6 Å². The van der Waals surface area contributed by atoms with Crippen molar-refractivity contribution in [1.29, 1.82) is 0 Å². The molecule has 1 atom stereocenters. The van der Waals surface area contributed by atoms with Gasteiger partial charge in [0.2, 0.25) is 0 Å². The lowest BCUT2D eigenvalue weighted by atomic mass is 9.88. The molecule has 1 N–H and O–H groups in total. The first-order valence-corrected chi connectivity index (χ1v) is 8.35. The molecule has 18 heavy (non-hydrogen) atoms. The minimum absolute atomic E-state index is 0.926. The summed E-state index contributed by atoms with van der Waals surface area (Å²) in [6.45, 7) is 4.49. The Morgan fingerprint density at radius 1 is 1.28 bits per heavy atom. The molecule has 0 amide bonds. The summed E-state index contributed by atoms with van der Waals surface area (Å²) in [5, 5.41) is 4.87. The van der Waals surface area contributed by atoms with Gasteiger partial charge in [0.05, 0.1) is 5.69 Å². The van der Waals surface area contributed by atoms with Crippen molar-refractivity contribution in [2.75, 3.05) is 6.54 Å². The third-order valence-corrected chi connectivity index (χ3v) is 5.31. The molecule has 2 nitrogen and oxygen atoms in total. The van der Waals surface area contributed by atoms with Gasteiger partial charge in [-0.05, 0) is 50.5 Å². The van der Waals surface area contributed by atoms with Crippen LogP contribution in [0.15, 0.2) is 0 Å². The number of hydrogen-bond acceptors (Lipinski definition) is 3. The Hall–Kier alpha value is -0.410. The molecule has 3 rings (SSSR count). The number of aryl methyl sites for hydroxylation is 1. The summed E-state index contributed by atoms with van der Waals surface area (Å²) in [5.74, 6) is 1.89. The number of fused-ring (bicyclic) bond motifs is 1. The van der Waals surface area contributed by atoms with Crippen LogP contribution >= 0.6 is 11.3 Å². The van der Waals surface area contributed by atoms with Crippen molar-refractivity contribution in [2.24, 2.45) is 11.8 Å². The molecule has 1 saturated carbocycles. The molecule has 0 aliphatic heterocycles. The molecule has 0 aromatic carbocycles. The number of thiazole rings is 1. The first-order valence-electron chi connectivity index (χ1n) is 7.53. The summed E-state index contributed by atoms with van der Waals surface area (Å²) in [5.41, 5.74) is 1.41. The van der Waals surface area contributed by atoms with Crippen molar-refractivity contribution in [2.45, 2.75) is 58.4 Å². The van der Waals surface area contributed by atoms with E-state index < -0.39 is 0 Å². The van der Waals surface area contributed by atoms with E-state index in [0.717, 1.165) is 18.4 Å². The van der Waals surface area contributed by atoms with E-state index in [1.807, 2.05) is 11.3 Å². The van der Waals surface area contributed by atoms with Gasteiger partial charge in [-0.15, -0.1) is 11.3 Å². The van der Waals surface area contributed by atoms with Crippen molar-refractivity contribution in [1.82, 2.24) is 10.3 Å². The highest BCUT2D eigenvalue weighted by atomic mass is 32.1. The van der Waals surface area contributed by atoms with Crippen molar-refractivity contribution in [3.8, 4) is 0 Å². The van der Waals surface area contributed by atoms with Gasteiger partial charge in [-0.25, -0.2) is 4.98 Å². The Kier molecular flexibility index (Phi) is 4.00. The molecule has 2 aliphatic carbocycles. The fraction of sp³-hybridized carbons (Fsp3) is 0.800. The number of nitrogens with zero attached hydrogens (tertiary/aromatic N) is 1. The van der Waals surface area contributed by atoms with Gasteiger partial charge < -0.3 is 5.32 Å². The monoisotopic (exact) mass is 264 g/mol. The second-order valence-corrected chi connectivity index (χ2v) is 7.12. The van der Waals surface area contributed by atoms with Gasteiger partial charge in [-0.1, -0.05) is 19.8 Å². The van der Waals surface area contributed by atoms with E-state index in [1.54, 1.807) is 4.88 Å². The van der Waals surface area contributed by atoms with E-state index in [4.69, 9.17) is 4.98 Å². The normalized spacial score (nSPS) is 23.1. The summed E-state index contributed by atoms with van der Waals surface area (Å²) in [6.07, 6.45) is 9.46. The van der Waals surface area contributed by atoms with Gasteiger partial charge in [0.15, 0.2) is 0 Å². The van der Waals surface area contributed by atoms with E-state index in [9.17, 15) is 0 Å². The summed E-state index contributed by atoms with van der Waals surface area (Å²) >= 11 is 1.96. The lowest BCUT2D eigenvalue weighted by molar-refractivity contribution is 0.423. The average molecular weight is 264 g/mol. The summed E-state index contributed by atoms with van der Waals surface area (Å²) in [7, 11) is 0. The second kappa shape index (κ2) is 5.70. The number of aromatic nitrogens is 1. The van der Waals surface area contributed by atoms with Gasteiger partial charge in [-0.2, -0.15) is 0 Å². The van der Waals surface area contributed by atoms with Crippen LogP contribution in [0, 0.1) is 11.8 Å². The first kappa shape index (κ1) is 12.6. The summed E-state index contributed by atoms with van der Waals surface area (Å²) in [6, 6.07) is 0. The highest BCUT2D eigenvalue weighted by molar-refractivity contribution is 7.11. The molecule has 2 aliphatic rings. The molecule has 1 unspecified atom stereocenters. The Morgan fingerprint density at radius 2 is 2.17 bits per heavy atom. The molecule has 1 aromatic heterocycles. The van der Waals surface area contributed by atoms with Gasteiger partial charge in [-0.3, -0.25) is 0 Å². The van der Waals surface area contributed by atoms with Crippen LogP contribution in [0.5, 0.6) is 0 Å². The van der Waals surface area contributed by atoms with Crippen LogP contribution in [0.2, 0.25) is 0 Å². The van der Waals surface area contributed by atoms with Crippen LogP contribution < -0.4 is 5.32 Å². The molecule has 1 heterocycles. The molecular weight excluding hydrogens is 240 g/mol. The minimum Gasteiger partial charge on any atom is -0.310 e. The zero-order chi connectivity index (χ0) is 12.4.